The zero-order chi connectivity index (χ0) is 10.3. The van der Waals surface area contributed by atoms with Gasteiger partial charge in [-0.3, -0.25) is 5.10 Å². The average Bonchev–Trinajstić information content (AvgIpc) is 2.82. The van der Waals surface area contributed by atoms with Crippen LogP contribution in [0.2, 0.25) is 0 Å². The molecule has 1 aromatic carbocycles. The van der Waals surface area contributed by atoms with E-state index in [2.05, 4.69) is 21.2 Å². The zero-order valence-electron chi connectivity index (χ0n) is 8.11. The minimum Gasteiger partial charge on any atom is -0.435 e. The van der Waals surface area contributed by atoms with Crippen molar-refractivity contribution in [3.63, 3.8) is 0 Å². The van der Waals surface area contributed by atoms with Gasteiger partial charge in [-0.2, -0.15) is 5.10 Å². The quantitative estimate of drug-likeness (QED) is 0.652. The third-order valence-corrected chi connectivity index (χ3v) is 2.14. The maximum Gasteiger partial charge on any atom is 0.248 e. The number of fused-ring (bicyclic) bond motifs is 1. The van der Waals surface area contributed by atoms with E-state index >= 15 is 0 Å². The first-order valence-electron chi connectivity index (χ1n) is 4.62. The van der Waals surface area contributed by atoms with Crippen LogP contribution >= 0.6 is 0 Å². The van der Waals surface area contributed by atoms with Crippen molar-refractivity contribution in [1.82, 2.24) is 15.2 Å². The second kappa shape index (κ2) is 2.95. The van der Waals surface area contributed by atoms with Crippen LogP contribution in [-0.2, 0) is 0 Å². The van der Waals surface area contributed by atoms with Gasteiger partial charge in [-0.1, -0.05) is 12.1 Å². The summed E-state index contributed by atoms with van der Waals surface area (Å²) in [7, 11) is 0. The van der Waals surface area contributed by atoms with Gasteiger partial charge in [0.15, 0.2) is 5.58 Å². The molecule has 0 aliphatic carbocycles. The fourth-order valence-corrected chi connectivity index (χ4v) is 1.45. The molecule has 3 rings (SSSR count). The van der Waals surface area contributed by atoms with Gasteiger partial charge in [0.1, 0.15) is 11.2 Å². The molecule has 3 aromatic rings. The number of rotatable bonds is 1. The predicted molar refractivity (Wildman–Crippen MR) is 55.2 cm³/mol. The Morgan fingerprint density at radius 1 is 1.47 bits per heavy atom. The van der Waals surface area contributed by atoms with Crippen LogP contribution in [0.25, 0.3) is 22.7 Å². The van der Waals surface area contributed by atoms with Gasteiger partial charge in [-0.25, -0.2) is 4.98 Å². The van der Waals surface area contributed by atoms with Gasteiger partial charge < -0.3 is 4.42 Å². The first-order chi connectivity index (χ1) is 7.33. The number of aryl methyl sites for hydroxylation is 1. The molecule has 0 aliphatic heterocycles. The van der Waals surface area contributed by atoms with E-state index in [0.29, 0.717) is 5.89 Å². The molecule has 2 aromatic heterocycles. The molecule has 4 heteroatoms. The van der Waals surface area contributed by atoms with Crippen molar-refractivity contribution in [2.75, 3.05) is 0 Å². The van der Waals surface area contributed by atoms with Gasteiger partial charge in [0.25, 0.3) is 0 Å². The lowest BCUT2D eigenvalue weighted by atomic mass is 10.3. The van der Waals surface area contributed by atoms with Crippen LogP contribution < -0.4 is 0 Å². The molecule has 0 atom stereocenters. The van der Waals surface area contributed by atoms with E-state index in [4.69, 9.17) is 4.42 Å². The number of nitrogens with zero attached hydrogens (tertiary/aromatic N) is 2. The monoisotopic (exact) mass is 198 g/mol. The van der Waals surface area contributed by atoms with Gasteiger partial charge in [0, 0.05) is 11.8 Å². The summed E-state index contributed by atoms with van der Waals surface area (Å²) in [5, 5.41) is 6.94. The summed E-state index contributed by atoms with van der Waals surface area (Å²) in [6.45, 7) is 1.94. The average molecular weight is 198 g/mol. The number of H-pyrrole nitrogens is 1. The third kappa shape index (κ3) is 1.30. The molecule has 4 nitrogen and oxygen atoms in total. The summed E-state index contributed by atoms with van der Waals surface area (Å²) in [5.41, 5.74) is 3.16. The van der Waals surface area contributed by atoms with Crippen molar-refractivity contribution in [3.05, 3.63) is 36.0 Å². The molecular formula is C11H8N3O. The van der Waals surface area contributed by atoms with Crippen LogP contribution in [0, 0.1) is 13.0 Å². The van der Waals surface area contributed by atoms with Gasteiger partial charge in [-0.05, 0) is 19.1 Å². The molecule has 1 N–H and O–H groups in total. The molecule has 0 bridgehead atoms. The van der Waals surface area contributed by atoms with E-state index in [1.165, 1.54) is 0 Å². The number of aromatic nitrogens is 3. The Hall–Kier alpha value is -2.10. The van der Waals surface area contributed by atoms with Gasteiger partial charge in [0.2, 0.25) is 5.89 Å². The molecule has 0 unspecified atom stereocenters. The second-order valence-corrected chi connectivity index (χ2v) is 3.34. The van der Waals surface area contributed by atoms with E-state index in [9.17, 15) is 0 Å². The van der Waals surface area contributed by atoms with Crippen LogP contribution in [0.5, 0.6) is 0 Å². The lowest BCUT2D eigenvalue weighted by Crippen LogP contribution is -1.76. The van der Waals surface area contributed by atoms with Crippen LogP contribution in [0.1, 0.15) is 5.69 Å². The molecule has 0 fully saturated rings. The summed E-state index contributed by atoms with van der Waals surface area (Å²) in [6, 6.07) is 10.4. The second-order valence-electron chi connectivity index (χ2n) is 3.34. The molecule has 0 spiro atoms. The molecule has 73 valence electrons. The van der Waals surface area contributed by atoms with Crippen LogP contribution in [-0.4, -0.2) is 15.2 Å². The molecule has 0 saturated heterocycles. The fourth-order valence-electron chi connectivity index (χ4n) is 1.45. The van der Waals surface area contributed by atoms with Crippen molar-refractivity contribution in [1.29, 1.82) is 0 Å². The van der Waals surface area contributed by atoms with Crippen molar-refractivity contribution >= 4 is 11.1 Å². The first kappa shape index (κ1) is 8.23. The number of hydrogen-bond acceptors (Lipinski definition) is 3. The highest BCUT2D eigenvalue weighted by Crippen LogP contribution is 2.22. The Labute approximate surface area is 85.9 Å². The Bertz CT molecular complexity index is 576. The molecule has 1 radical (unpaired) electrons. The first-order valence-corrected chi connectivity index (χ1v) is 4.62. The van der Waals surface area contributed by atoms with Gasteiger partial charge >= 0.3 is 0 Å². The van der Waals surface area contributed by atoms with E-state index < -0.39 is 0 Å². The third-order valence-electron chi connectivity index (χ3n) is 2.14. The Kier molecular flexibility index (Phi) is 1.62. The summed E-state index contributed by atoms with van der Waals surface area (Å²) >= 11 is 0. The van der Waals surface area contributed by atoms with Crippen molar-refractivity contribution < 1.29 is 4.42 Å². The maximum atomic E-state index is 5.54. The maximum absolute atomic E-state index is 5.54. The van der Waals surface area contributed by atoms with Gasteiger partial charge in [0.05, 0.1) is 0 Å². The number of oxazole rings is 1. The number of nitrogens with one attached hydrogen (secondary N) is 1. The number of benzene rings is 1. The minimum absolute atomic E-state index is 0.525. The SMILES string of the molecule is Cc1cc(-c2nc3[c]cccc3o2)n[nH]1. The lowest BCUT2D eigenvalue weighted by Gasteiger charge is -1.83. The smallest absolute Gasteiger partial charge is 0.248 e. The highest BCUT2D eigenvalue weighted by Gasteiger charge is 2.09. The zero-order valence-corrected chi connectivity index (χ0v) is 8.11. The number of aromatic amines is 1. The Morgan fingerprint density at radius 2 is 2.40 bits per heavy atom. The van der Waals surface area contributed by atoms with Crippen molar-refractivity contribution in [2.24, 2.45) is 0 Å². The normalized spacial score (nSPS) is 11.0. The Balaban J connectivity index is 2.19. The van der Waals surface area contributed by atoms with E-state index in [1.807, 2.05) is 31.2 Å². The molecule has 0 aliphatic rings. The fraction of sp³-hybridized carbons (Fsp3) is 0.0909. The number of para-hydroxylation sites is 1. The highest BCUT2D eigenvalue weighted by atomic mass is 16.3. The van der Waals surface area contributed by atoms with Crippen LogP contribution in [0.3, 0.4) is 0 Å². The van der Waals surface area contributed by atoms with Crippen molar-refractivity contribution in [3.8, 4) is 11.6 Å². The van der Waals surface area contributed by atoms with E-state index in [0.717, 1.165) is 22.5 Å². The standard InChI is InChI=1S/C11H8N3O/c1-7-6-9(14-13-7)11-12-8-4-2-3-5-10(8)15-11/h2-3,5-6H,1H3,(H,13,14). The van der Waals surface area contributed by atoms with Gasteiger partial charge in [-0.15, -0.1) is 0 Å². The molecule has 0 amide bonds. The molecule has 15 heavy (non-hydrogen) atoms. The Morgan fingerprint density at radius 3 is 3.13 bits per heavy atom. The van der Waals surface area contributed by atoms with E-state index in [1.54, 1.807) is 0 Å². The predicted octanol–water partition coefficient (Wildman–Crippen LogP) is 2.33. The summed E-state index contributed by atoms with van der Waals surface area (Å²) in [6.07, 6.45) is 0. The number of hydrogen-bond donors (Lipinski definition) is 1. The molecule has 0 saturated carbocycles. The van der Waals surface area contributed by atoms with E-state index in [-0.39, 0.29) is 0 Å². The topological polar surface area (TPSA) is 54.7 Å². The summed E-state index contributed by atoms with van der Waals surface area (Å²) in [5.74, 6) is 0.525. The lowest BCUT2D eigenvalue weighted by molar-refractivity contribution is 0.616. The van der Waals surface area contributed by atoms with Crippen LogP contribution in [0.4, 0.5) is 0 Å². The summed E-state index contributed by atoms with van der Waals surface area (Å²) in [4.78, 5) is 4.29. The summed E-state index contributed by atoms with van der Waals surface area (Å²) < 4.78 is 5.54. The van der Waals surface area contributed by atoms with Crippen molar-refractivity contribution in [2.45, 2.75) is 6.92 Å². The molecular weight excluding hydrogens is 190 g/mol. The minimum atomic E-state index is 0.525. The highest BCUT2D eigenvalue weighted by molar-refractivity contribution is 5.74. The molecule has 2 heterocycles. The largest absolute Gasteiger partial charge is 0.435 e. The van der Waals surface area contributed by atoms with Crippen LogP contribution in [0.15, 0.2) is 28.7 Å².